The van der Waals surface area contributed by atoms with Crippen molar-refractivity contribution in [2.75, 3.05) is 0 Å². The molecule has 1 aliphatic carbocycles. The van der Waals surface area contributed by atoms with Crippen molar-refractivity contribution in [3.8, 4) is 0 Å². The highest BCUT2D eigenvalue weighted by molar-refractivity contribution is 5.22. The van der Waals surface area contributed by atoms with Gasteiger partial charge in [-0.1, -0.05) is 49.6 Å². The van der Waals surface area contributed by atoms with Crippen LogP contribution >= 0.6 is 0 Å². The first kappa shape index (κ1) is 16.1. The molecule has 0 amide bonds. The number of benzene rings is 1. The zero-order chi connectivity index (χ0) is 16.1. The second-order valence-electron chi connectivity index (χ2n) is 6.31. The monoisotopic (exact) mass is 312 g/mol. The second kappa shape index (κ2) is 7.68. The van der Waals surface area contributed by atoms with Gasteiger partial charge in [0.1, 0.15) is 0 Å². The Balaban J connectivity index is 1.70. The molecule has 4 nitrogen and oxygen atoms in total. The van der Waals surface area contributed by atoms with Crippen molar-refractivity contribution in [1.29, 1.82) is 0 Å². The number of hydroxylamine groups is 2. The first-order chi connectivity index (χ1) is 11.2. The molecule has 0 saturated heterocycles. The van der Waals surface area contributed by atoms with Gasteiger partial charge in [0.05, 0.1) is 12.2 Å². The van der Waals surface area contributed by atoms with Crippen LogP contribution in [0.2, 0.25) is 0 Å². The highest BCUT2D eigenvalue weighted by atomic mass is 16.5. The molecule has 1 saturated carbocycles. The number of rotatable bonds is 5. The topological polar surface area (TPSA) is 56.6 Å². The Kier molecular flexibility index (Phi) is 5.39. The number of aromatic nitrogens is 1. The van der Waals surface area contributed by atoms with Gasteiger partial charge in [-0.05, 0) is 42.0 Å². The summed E-state index contributed by atoms with van der Waals surface area (Å²) < 4.78 is 0. The van der Waals surface area contributed by atoms with Crippen LogP contribution in [0.1, 0.15) is 61.1 Å². The smallest absolute Gasteiger partial charge is 0.172 e. The average Bonchev–Trinajstić information content (AvgIpc) is 2.63. The first-order valence-electron chi connectivity index (χ1n) is 8.37. The Morgan fingerprint density at radius 1 is 1.09 bits per heavy atom. The van der Waals surface area contributed by atoms with Crippen LogP contribution in [0.3, 0.4) is 0 Å². The van der Waals surface area contributed by atoms with Crippen LogP contribution in [0, 0.1) is 0 Å². The molecule has 1 unspecified atom stereocenters. The van der Waals surface area contributed by atoms with Gasteiger partial charge in [0.15, 0.2) is 6.23 Å². The maximum absolute atomic E-state index is 10.4. The highest BCUT2D eigenvalue weighted by Crippen LogP contribution is 2.33. The Morgan fingerprint density at radius 3 is 2.57 bits per heavy atom. The molecule has 2 N–H and O–H groups in total. The molecule has 1 aliphatic rings. The third-order valence-corrected chi connectivity index (χ3v) is 4.62. The van der Waals surface area contributed by atoms with Crippen LogP contribution in [-0.4, -0.2) is 20.4 Å². The summed E-state index contributed by atoms with van der Waals surface area (Å²) in [5.41, 5.74) is 2.67. The summed E-state index contributed by atoms with van der Waals surface area (Å²) in [4.78, 5) is 4.25. The van der Waals surface area contributed by atoms with Gasteiger partial charge in [-0.25, -0.2) is 0 Å². The van der Waals surface area contributed by atoms with E-state index in [0.29, 0.717) is 11.6 Å². The lowest BCUT2D eigenvalue weighted by atomic mass is 9.84. The normalized spacial score (nSPS) is 17.3. The van der Waals surface area contributed by atoms with Crippen molar-refractivity contribution in [2.24, 2.45) is 0 Å². The molecule has 3 rings (SSSR count). The number of hydrogen-bond acceptors (Lipinski definition) is 4. The van der Waals surface area contributed by atoms with Gasteiger partial charge in [-0.15, -0.1) is 0 Å². The van der Waals surface area contributed by atoms with Crippen LogP contribution in [-0.2, 0) is 6.54 Å². The molecule has 0 spiro atoms. The molecule has 0 aliphatic heterocycles. The van der Waals surface area contributed by atoms with Crippen molar-refractivity contribution >= 4 is 0 Å². The third kappa shape index (κ3) is 4.16. The summed E-state index contributed by atoms with van der Waals surface area (Å²) in [6, 6.07) is 13.6. The molecule has 2 aromatic rings. The molecule has 1 heterocycles. The van der Waals surface area contributed by atoms with E-state index in [2.05, 4.69) is 4.98 Å². The Hall–Kier alpha value is -1.75. The quantitative estimate of drug-likeness (QED) is 0.647. The SMILES string of the molecule is OC(c1cc(C2CCCCC2)ccn1)N(O)Cc1ccccc1. The van der Waals surface area contributed by atoms with Gasteiger partial charge >= 0.3 is 0 Å². The van der Waals surface area contributed by atoms with Crippen LogP contribution in [0.25, 0.3) is 0 Å². The zero-order valence-electron chi connectivity index (χ0n) is 13.3. The lowest BCUT2D eigenvalue weighted by Crippen LogP contribution is -2.25. The van der Waals surface area contributed by atoms with Crippen molar-refractivity contribution in [1.82, 2.24) is 10.0 Å². The van der Waals surface area contributed by atoms with Crippen LogP contribution in [0.15, 0.2) is 48.7 Å². The minimum atomic E-state index is -1.11. The molecule has 1 fully saturated rings. The highest BCUT2D eigenvalue weighted by Gasteiger charge is 2.20. The molecule has 1 atom stereocenters. The third-order valence-electron chi connectivity index (χ3n) is 4.62. The fraction of sp³-hybridized carbons (Fsp3) is 0.421. The van der Waals surface area contributed by atoms with Crippen LogP contribution in [0.4, 0.5) is 0 Å². The summed E-state index contributed by atoms with van der Waals surface area (Å²) in [6.07, 6.45) is 6.88. The van der Waals surface area contributed by atoms with E-state index in [9.17, 15) is 10.3 Å². The Morgan fingerprint density at radius 2 is 1.83 bits per heavy atom. The van der Waals surface area contributed by atoms with Crippen LogP contribution in [0.5, 0.6) is 0 Å². The van der Waals surface area contributed by atoms with Crippen LogP contribution < -0.4 is 0 Å². The molecule has 0 radical (unpaired) electrons. The average molecular weight is 312 g/mol. The predicted molar refractivity (Wildman–Crippen MR) is 88.8 cm³/mol. The minimum absolute atomic E-state index is 0.261. The molecule has 23 heavy (non-hydrogen) atoms. The number of pyridine rings is 1. The summed E-state index contributed by atoms with van der Waals surface area (Å²) >= 11 is 0. The standard InChI is InChI=1S/C19H24N2O2/c22-19(21(23)14-15-7-3-1-4-8-15)18-13-17(11-12-20-18)16-9-5-2-6-10-16/h1,3-4,7-8,11-13,16,19,22-23H,2,5-6,9-10,14H2. The molecule has 122 valence electrons. The summed E-state index contributed by atoms with van der Waals surface area (Å²) in [5, 5.41) is 21.5. The van der Waals surface area contributed by atoms with Crippen molar-refractivity contribution in [3.63, 3.8) is 0 Å². The molecule has 0 bridgehead atoms. The molecular weight excluding hydrogens is 288 g/mol. The van der Waals surface area contributed by atoms with Gasteiger partial charge < -0.3 is 10.3 Å². The van der Waals surface area contributed by atoms with E-state index in [-0.39, 0.29) is 6.54 Å². The lowest BCUT2D eigenvalue weighted by Gasteiger charge is -2.24. The largest absolute Gasteiger partial charge is 0.371 e. The van der Waals surface area contributed by atoms with E-state index in [4.69, 9.17) is 0 Å². The first-order valence-corrected chi connectivity index (χ1v) is 8.37. The molecular formula is C19H24N2O2. The predicted octanol–water partition coefficient (Wildman–Crippen LogP) is 4.01. The maximum Gasteiger partial charge on any atom is 0.172 e. The maximum atomic E-state index is 10.4. The summed E-state index contributed by atoms with van der Waals surface area (Å²) in [6.45, 7) is 0.261. The van der Waals surface area contributed by atoms with E-state index in [1.54, 1.807) is 6.20 Å². The number of hydrogen-bond donors (Lipinski definition) is 2. The van der Waals surface area contributed by atoms with Crippen molar-refractivity contribution in [2.45, 2.75) is 50.8 Å². The van der Waals surface area contributed by atoms with E-state index in [0.717, 1.165) is 10.6 Å². The minimum Gasteiger partial charge on any atom is -0.371 e. The van der Waals surface area contributed by atoms with Crippen molar-refractivity contribution in [3.05, 3.63) is 65.5 Å². The second-order valence-corrected chi connectivity index (χ2v) is 6.31. The van der Waals surface area contributed by atoms with Gasteiger partial charge in [0.2, 0.25) is 0 Å². The van der Waals surface area contributed by atoms with E-state index in [1.807, 2.05) is 42.5 Å². The summed E-state index contributed by atoms with van der Waals surface area (Å²) in [7, 11) is 0. The van der Waals surface area contributed by atoms with Gasteiger partial charge in [-0.3, -0.25) is 4.98 Å². The Bertz CT molecular complexity index is 612. The van der Waals surface area contributed by atoms with Gasteiger partial charge in [0.25, 0.3) is 0 Å². The molecule has 4 heteroatoms. The fourth-order valence-electron chi connectivity index (χ4n) is 3.31. The molecule has 1 aromatic carbocycles. The number of nitrogens with zero attached hydrogens (tertiary/aromatic N) is 2. The zero-order valence-corrected chi connectivity index (χ0v) is 13.3. The fourth-order valence-corrected chi connectivity index (χ4v) is 3.31. The number of aliphatic hydroxyl groups excluding tert-OH is 1. The molecule has 1 aromatic heterocycles. The summed E-state index contributed by atoms with van der Waals surface area (Å²) in [5.74, 6) is 0.555. The Labute approximate surface area is 137 Å². The van der Waals surface area contributed by atoms with E-state index in [1.165, 1.54) is 37.7 Å². The van der Waals surface area contributed by atoms with E-state index < -0.39 is 6.23 Å². The number of aliphatic hydroxyl groups is 1. The van der Waals surface area contributed by atoms with E-state index >= 15 is 0 Å². The van der Waals surface area contributed by atoms with Gasteiger partial charge in [-0.2, -0.15) is 5.06 Å². The van der Waals surface area contributed by atoms with Crippen molar-refractivity contribution < 1.29 is 10.3 Å². The lowest BCUT2D eigenvalue weighted by molar-refractivity contribution is -0.208. The van der Waals surface area contributed by atoms with Gasteiger partial charge in [0, 0.05) is 6.20 Å².